The quantitative estimate of drug-likeness (QED) is 0.713. The van der Waals surface area contributed by atoms with Gasteiger partial charge in [0.2, 0.25) is 0 Å². The van der Waals surface area contributed by atoms with Crippen molar-refractivity contribution in [2.24, 2.45) is 0 Å². The van der Waals surface area contributed by atoms with Gasteiger partial charge in [0.25, 0.3) is 0 Å². The molecule has 0 spiro atoms. The molecule has 0 saturated carbocycles. The van der Waals surface area contributed by atoms with E-state index in [1.165, 1.54) is 0 Å². The van der Waals surface area contributed by atoms with E-state index in [2.05, 4.69) is 15.1 Å². The van der Waals surface area contributed by atoms with Crippen molar-refractivity contribution < 1.29 is 9.47 Å². The monoisotopic (exact) mass is 285 g/mol. The highest BCUT2D eigenvalue weighted by Gasteiger charge is 2.09. The van der Waals surface area contributed by atoms with Crippen LogP contribution in [0.15, 0.2) is 36.9 Å². The lowest BCUT2D eigenvalue weighted by Crippen LogP contribution is -2.05. The summed E-state index contributed by atoms with van der Waals surface area (Å²) in [5.74, 6) is 1.16. The van der Waals surface area contributed by atoms with Gasteiger partial charge in [0.05, 0.1) is 6.61 Å². The number of aromatic nitrogens is 4. The van der Waals surface area contributed by atoms with Crippen molar-refractivity contribution in [1.82, 2.24) is 19.6 Å². The maximum absolute atomic E-state index is 5.70. The SMILES string of the molecule is COCCOc1ccncc1-c1cnc2cc(N)nn2c1. The Hall–Kier alpha value is -2.67. The standard InChI is InChI=1S/C14H15N5O2/c1-20-4-5-21-12-2-3-16-8-11(12)10-7-17-14-6-13(15)18-19(14)9-10/h2-3,6-9H,4-5H2,1H3,(H2,15,18). The molecule has 0 fully saturated rings. The summed E-state index contributed by atoms with van der Waals surface area (Å²) in [6.45, 7) is 0.993. The van der Waals surface area contributed by atoms with E-state index in [9.17, 15) is 0 Å². The Morgan fingerprint density at radius 3 is 3.05 bits per heavy atom. The zero-order valence-electron chi connectivity index (χ0n) is 11.6. The molecule has 3 aromatic rings. The summed E-state index contributed by atoms with van der Waals surface area (Å²) >= 11 is 0. The Labute approximate surface area is 121 Å². The third-order valence-corrected chi connectivity index (χ3v) is 2.97. The average Bonchev–Trinajstić information content (AvgIpc) is 2.87. The molecule has 0 aromatic carbocycles. The van der Waals surface area contributed by atoms with E-state index in [1.807, 2.05) is 12.3 Å². The molecule has 0 radical (unpaired) electrons. The van der Waals surface area contributed by atoms with Crippen LogP contribution in [-0.2, 0) is 4.74 Å². The van der Waals surface area contributed by atoms with Crippen LogP contribution in [0.25, 0.3) is 16.8 Å². The van der Waals surface area contributed by atoms with E-state index in [4.69, 9.17) is 15.2 Å². The van der Waals surface area contributed by atoms with Gasteiger partial charge in [-0.3, -0.25) is 4.98 Å². The van der Waals surface area contributed by atoms with Gasteiger partial charge in [-0.25, -0.2) is 9.50 Å². The van der Waals surface area contributed by atoms with Gasteiger partial charge >= 0.3 is 0 Å². The first-order valence-corrected chi connectivity index (χ1v) is 6.45. The summed E-state index contributed by atoms with van der Waals surface area (Å²) in [7, 11) is 1.64. The second kappa shape index (κ2) is 5.76. The van der Waals surface area contributed by atoms with E-state index in [-0.39, 0.29) is 0 Å². The van der Waals surface area contributed by atoms with Crippen molar-refractivity contribution in [1.29, 1.82) is 0 Å². The number of nitrogens with two attached hydrogens (primary N) is 1. The van der Waals surface area contributed by atoms with Crippen molar-refractivity contribution in [3.05, 3.63) is 36.9 Å². The summed E-state index contributed by atoms with van der Waals surface area (Å²) in [6, 6.07) is 3.52. The summed E-state index contributed by atoms with van der Waals surface area (Å²) in [5, 5.41) is 4.16. The van der Waals surface area contributed by atoms with Crippen LogP contribution in [0.4, 0.5) is 5.82 Å². The largest absolute Gasteiger partial charge is 0.490 e. The van der Waals surface area contributed by atoms with Gasteiger partial charge in [0.1, 0.15) is 18.2 Å². The highest BCUT2D eigenvalue weighted by molar-refractivity contribution is 5.69. The minimum atomic E-state index is 0.433. The molecular formula is C14H15N5O2. The summed E-state index contributed by atoms with van der Waals surface area (Å²) in [4.78, 5) is 8.47. The smallest absolute Gasteiger partial charge is 0.157 e. The summed E-state index contributed by atoms with van der Waals surface area (Å²) in [6.07, 6.45) is 7.01. The number of methoxy groups -OCH3 is 1. The molecule has 2 N–H and O–H groups in total. The zero-order valence-corrected chi connectivity index (χ0v) is 11.6. The minimum Gasteiger partial charge on any atom is -0.490 e. The molecule has 3 heterocycles. The van der Waals surface area contributed by atoms with Gasteiger partial charge in [-0.05, 0) is 6.07 Å². The maximum Gasteiger partial charge on any atom is 0.157 e. The number of ether oxygens (including phenoxy) is 2. The molecule has 0 aliphatic carbocycles. The average molecular weight is 285 g/mol. The molecule has 108 valence electrons. The van der Waals surface area contributed by atoms with E-state index in [0.717, 1.165) is 16.9 Å². The molecule has 3 aromatic heterocycles. The van der Waals surface area contributed by atoms with Gasteiger partial charge in [0, 0.05) is 49.1 Å². The van der Waals surface area contributed by atoms with E-state index in [1.54, 1.807) is 36.3 Å². The molecule has 0 atom stereocenters. The predicted octanol–water partition coefficient (Wildman–Crippen LogP) is 1.40. The van der Waals surface area contributed by atoms with E-state index in [0.29, 0.717) is 24.7 Å². The van der Waals surface area contributed by atoms with Gasteiger partial charge < -0.3 is 15.2 Å². The number of anilines is 1. The topological polar surface area (TPSA) is 87.6 Å². The van der Waals surface area contributed by atoms with Crippen LogP contribution >= 0.6 is 0 Å². The molecule has 0 bridgehead atoms. The number of nitrogens with zero attached hydrogens (tertiary/aromatic N) is 4. The number of pyridine rings is 1. The second-order valence-electron chi connectivity index (χ2n) is 4.43. The normalized spacial score (nSPS) is 10.9. The molecule has 7 heteroatoms. The van der Waals surface area contributed by atoms with E-state index >= 15 is 0 Å². The first kappa shape index (κ1) is 13.3. The summed E-state index contributed by atoms with van der Waals surface area (Å²) < 4.78 is 12.3. The fourth-order valence-corrected chi connectivity index (χ4v) is 1.99. The Bertz CT molecular complexity index is 756. The van der Waals surface area contributed by atoms with Crippen LogP contribution in [0.3, 0.4) is 0 Å². The van der Waals surface area contributed by atoms with Gasteiger partial charge in [-0.15, -0.1) is 5.10 Å². The van der Waals surface area contributed by atoms with Crippen LogP contribution in [0.2, 0.25) is 0 Å². The molecule has 0 aliphatic heterocycles. The molecule has 0 aliphatic rings. The van der Waals surface area contributed by atoms with Gasteiger partial charge in [-0.2, -0.15) is 0 Å². The lowest BCUT2D eigenvalue weighted by Gasteiger charge is -2.10. The number of nitrogen functional groups attached to an aromatic ring is 1. The Morgan fingerprint density at radius 2 is 2.19 bits per heavy atom. The molecule has 7 nitrogen and oxygen atoms in total. The lowest BCUT2D eigenvalue weighted by atomic mass is 10.1. The second-order valence-corrected chi connectivity index (χ2v) is 4.43. The van der Waals surface area contributed by atoms with Crippen molar-refractivity contribution in [2.75, 3.05) is 26.1 Å². The van der Waals surface area contributed by atoms with Crippen molar-refractivity contribution >= 4 is 11.5 Å². The summed E-state index contributed by atoms with van der Waals surface area (Å²) in [5.41, 5.74) is 8.06. The highest BCUT2D eigenvalue weighted by Crippen LogP contribution is 2.28. The Morgan fingerprint density at radius 1 is 1.29 bits per heavy atom. The molecular weight excluding hydrogens is 270 g/mol. The van der Waals surface area contributed by atoms with Gasteiger partial charge in [0.15, 0.2) is 5.65 Å². The Kier molecular flexibility index (Phi) is 3.65. The maximum atomic E-state index is 5.70. The lowest BCUT2D eigenvalue weighted by molar-refractivity contribution is 0.146. The van der Waals surface area contributed by atoms with E-state index < -0.39 is 0 Å². The third-order valence-electron chi connectivity index (χ3n) is 2.97. The van der Waals surface area contributed by atoms with Crippen molar-refractivity contribution in [3.63, 3.8) is 0 Å². The van der Waals surface area contributed by atoms with Crippen LogP contribution in [0.1, 0.15) is 0 Å². The minimum absolute atomic E-state index is 0.433. The molecule has 0 saturated heterocycles. The van der Waals surface area contributed by atoms with Crippen molar-refractivity contribution in [2.45, 2.75) is 0 Å². The van der Waals surface area contributed by atoms with Crippen LogP contribution in [0, 0.1) is 0 Å². The molecule has 3 rings (SSSR count). The zero-order chi connectivity index (χ0) is 14.7. The first-order valence-electron chi connectivity index (χ1n) is 6.45. The fourth-order valence-electron chi connectivity index (χ4n) is 1.99. The first-order chi connectivity index (χ1) is 10.3. The Balaban J connectivity index is 1.97. The molecule has 21 heavy (non-hydrogen) atoms. The van der Waals surface area contributed by atoms with Gasteiger partial charge in [-0.1, -0.05) is 0 Å². The third kappa shape index (κ3) is 2.77. The fraction of sp³-hybridized carbons (Fsp3) is 0.214. The van der Waals surface area contributed by atoms with Crippen LogP contribution < -0.4 is 10.5 Å². The number of hydrogen-bond acceptors (Lipinski definition) is 6. The predicted molar refractivity (Wildman–Crippen MR) is 78.0 cm³/mol. The molecule has 0 amide bonds. The van der Waals surface area contributed by atoms with Crippen molar-refractivity contribution in [3.8, 4) is 16.9 Å². The molecule has 0 unspecified atom stereocenters. The number of rotatable bonds is 5. The number of hydrogen-bond donors (Lipinski definition) is 1. The highest BCUT2D eigenvalue weighted by atomic mass is 16.5. The van der Waals surface area contributed by atoms with Crippen LogP contribution in [0.5, 0.6) is 5.75 Å². The number of fused-ring (bicyclic) bond motifs is 1. The van der Waals surface area contributed by atoms with Crippen LogP contribution in [-0.4, -0.2) is 39.9 Å².